The van der Waals surface area contributed by atoms with Gasteiger partial charge in [0.25, 0.3) is 0 Å². The van der Waals surface area contributed by atoms with Gasteiger partial charge in [0.05, 0.1) is 5.70 Å². The van der Waals surface area contributed by atoms with E-state index in [9.17, 15) is 13.2 Å². The van der Waals surface area contributed by atoms with E-state index in [4.69, 9.17) is 11.5 Å². The summed E-state index contributed by atoms with van der Waals surface area (Å²) in [6.07, 6.45) is -1.90. The third kappa shape index (κ3) is 3.86. The molecule has 0 aliphatic heterocycles. The second-order valence-corrected chi connectivity index (χ2v) is 3.39. The molecule has 0 aromatic carbocycles. The van der Waals surface area contributed by atoms with Crippen LogP contribution in [0, 0.1) is 6.92 Å². The second-order valence-electron chi connectivity index (χ2n) is 3.39. The first-order chi connectivity index (χ1) is 7.83. The van der Waals surface area contributed by atoms with E-state index < -0.39 is 12.8 Å². The Hall–Kier alpha value is -1.92. The first-order valence-electron chi connectivity index (χ1n) is 4.67. The van der Waals surface area contributed by atoms with Crippen molar-refractivity contribution in [1.82, 2.24) is 4.98 Å². The maximum absolute atomic E-state index is 12.0. The predicted molar refractivity (Wildman–Crippen MR) is 56.9 cm³/mol. The number of ether oxygens (including phenoxy) is 1. The summed E-state index contributed by atoms with van der Waals surface area (Å²) >= 11 is 0. The number of rotatable bonds is 3. The van der Waals surface area contributed by atoms with E-state index in [0.717, 1.165) is 6.20 Å². The smallest absolute Gasteiger partial charge is 0.422 e. The molecule has 0 bridgehead atoms. The number of alkyl halides is 3. The average Bonchev–Trinajstić information content (AvgIpc) is 2.24. The van der Waals surface area contributed by atoms with Crippen molar-refractivity contribution < 1.29 is 17.9 Å². The van der Waals surface area contributed by atoms with Gasteiger partial charge in [-0.1, -0.05) is 0 Å². The van der Waals surface area contributed by atoms with Crippen molar-refractivity contribution >= 4 is 5.70 Å². The first-order valence-corrected chi connectivity index (χ1v) is 4.67. The van der Waals surface area contributed by atoms with Crippen molar-refractivity contribution in [1.29, 1.82) is 0 Å². The maximum atomic E-state index is 12.0. The van der Waals surface area contributed by atoms with Gasteiger partial charge in [-0.05, 0) is 18.6 Å². The summed E-state index contributed by atoms with van der Waals surface area (Å²) in [5.41, 5.74) is 11.5. The van der Waals surface area contributed by atoms with E-state index in [1.165, 1.54) is 12.3 Å². The van der Waals surface area contributed by atoms with Crippen LogP contribution in [-0.4, -0.2) is 17.8 Å². The number of aryl methyl sites for hydroxylation is 1. The molecule has 4 N–H and O–H groups in total. The molecule has 1 aromatic rings. The van der Waals surface area contributed by atoms with Gasteiger partial charge in [0, 0.05) is 12.4 Å². The number of nitrogens with two attached hydrogens (primary N) is 2. The Morgan fingerprint density at radius 3 is 2.71 bits per heavy atom. The maximum Gasteiger partial charge on any atom is 0.422 e. The molecule has 0 radical (unpaired) electrons. The lowest BCUT2D eigenvalue weighted by molar-refractivity contribution is -0.153. The zero-order chi connectivity index (χ0) is 13.1. The number of halogens is 3. The molecule has 7 heteroatoms. The third-order valence-corrected chi connectivity index (χ3v) is 1.83. The van der Waals surface area contributed by atoms with Crippen LogP contribution < -0.4 is 16.2 Å². The predicted octanol–water partition coefficient (Wildman–Crippen LogP) is 1.55. The second kappa shape index (κ2) is 4.94. The molecule has 0 aliphatic carbocycles. The molecule has 1 aromatic heterocycles. The van der Waals surface area contributed by atoms with E-state index in [1.54, 1.807) is 6.92 Å². The van der Waals surface area contributed by atoms with Gasteiger partial charge < -0.3 is 16.2 Å². The highest BCUT2D eigenvalue weighted by molar-refractivity contribution is 5.64. The fraction of sp³-hybridized carbons (Fsp3) is 0.300. The summed E-state index contributed by atoms with van der Waals surface area (Å²) < 4.78 is 40.8. The van der Waals surface area contributed by atoms with Gasteiger partial charge in [-0.25, -0.2) is 0 Å². The number of nitrogens with zero attached hydrogens (tertiary/aromatic N) is 1. The van der Waals surface area contributed by atoms with Crippen molar-refractivity contribution in [2.24, 2.45) is 11.5 Å². The lowest BCUT2D eigenvalue weighted by atomic mass is 10.2. The molecule has 94 valence electrons. The van der Waals surface area contributed by atoms with Gasteiger partial charge in [-0.2, -0.15) is 13.2 Å². The normalized spacial score (nSPS) is 12.6. The molecule has 0 amide bonds. The highest BCUT2D eigenvalue weighted by Crippen LogP contribution is 2.24. The number of pyridine rings is 1. The first kappa shape index (κ1) is 13.1. The zero-order valence-corrected chi connectivity index (χ0v) is 9.08. The van der Waals surface area contributed by atoms with E-state index in [-0.39, 0.29) is 17.1 Å². The molecule has 0 aliphatic rings. The Morgan fingerprint density at radius 2 is 2.18 bits per heavy atom. The van der Waals surface area contributed by atoms with E-state index in [1.807, 2.05) is 0 Å². The Balaban J connectivity index is 3.00. The van der Waals surface area contributed by atoms with Crippen LogP contribution in [0.15, 0.2) is 18.5 Å². The fourth-order valence-corrected chi connectivity index (χ4v) is 1.11. The van der Waals surface area contributed by atoms with Crippen LogP contribution in [0.5, 0.6) is 5.75 Å². The van der Waals surface area contributed by atoms with Crippen LogP contribution in [0.2, 0.25) is 0 Å². The van der Waals surface area contributed by atoms with Gasteiger partial charge in [0.15, 0.2) is 6.61 Å². The van der Waals surface area contributed by atoms with Crippen molar-refractivity contribution in [3.63, 3.8) is 0 Å². The van der Waals surface area contributed by atoms with Gasteiger partial charge >= 0.3 is 6.18 Å². The van der Waals surface area contributed by atoms with Crippen LogP contribution in [-0.2, 0) is 0 Å². The lowest BCUT2D eigenvalue weighted by Gasteiger charge is -2.13. The number of hydrogen-bond donors (Lipinski definition) is 2. The van der Waals surface area contributed by atoms with Crippen molar-refractivity contribution in [2.45, 2.75) is 13.1 Å². The molecule has 0 unspecified atom stereocenters. The number of hydrogen-bond acceptors (Lipinski definition) is 4. The fourth-order valence-electron chi connectivity index (χ4n) is 1.11. The van der Waals surface area contributed by atoms with Crippen LogP contribution in [0.4, 0.5) is 13.2 Å². The van der Waals surface area contributed by atoms with E-state index in [2.05, 4.69) is 9.72 Å². The molecule has 0 spiro atoms. The summed E-state index contributed by atoms with van der Waals surface area (Å²) in [5.74, 6) is -0.0403. The summed E-state index contributed by atoms with van der Waals surface area (Å²) in [7, 11) is 0. The van der Waals surface area contributed by atoms with Gasteiger partial charge in [0.1, 0.15) is 11.4 Å². The molecule has 1 rings (SSSR count). The van der Waals surface area contributed by atoms with Crippen LogP contribution in [0.3, 0.4) is 0 Å². The Kier molecular flexibility index (Phi) is 3.82. The third-order valence-electron chi connectivity index (χ3n) is 1.83. The molecule has 1 heterocycles. The lowest BCUT2D eigenvalue weighted by Crippen LogP contribution is -2.20. The topological polar surface area (TPSA) is 74.2 Å². The molecule has 0 fully saturated rings. The molecule has 17 heavy (non-hydrogen) atoms. The van der Waals surface area contributed by atoms with Crippen LogP contribution in [0.1, 0.15) is 11.3 Å². The van der Waals surface area contributed by atoms with Crippen molar-refractivity contribution in [3.05, 3.63) is 29.7 Å². The molecule has 4 nitrogen and oxygen atoms in total. The van der Waals surface area contributed by atoms with E-state index in [0.29, 0.717) is 5.56 Å². The van der Waals surface area contributed by atoms with Crippen molar-refractivity contribution in [2.75, 3.05) is 6.61 Å². The molecule has 0 atom stereocenters. The minimum absolute atomic E-state index is 0.0403. The SMILES string of the molecule is Cc1cnc(/C(N)=C/N)c(OCC(F)(F)F)c1. The highest BCUT2D eigenvalue weighted by Gasteiger charge is 2.29. The quantitative estimate of drug-likeness (QED) is 0.849. The van der Waals surface area contributed by atoms with Crippen molar-refractivity contribution in [3.8, 4) is 5.75 Å². The zero-order valence-electron chi connectivity index (χ0n) is 9.08. The van der Waals surface area contributed by atoms with E-state index >= 15 is 0 Å². The Morgan fingerprint density at radius 1 is 1.53 bits per heavy atom. The van der Waals surface area contributed by atoms with Gasteiger partial charge in [-0.3, -0.25) is 4.98 Å². The minimum Gasteiger partial charge on any atom is -0.482 e. The molecule has 0 saturated heterocycles. The Bertz CT molecular complexity index is 429. The largest absolute Gasteiger partial charge is 0.482 e. The summed E-state index contributed by atoms with van der Waals surface area (Å²) in [6.45, 7) is 0.280. The van der Waals surface area contributed by atoms with Gasteiger partial charge in [-0.15, -0.1) is 0 Å². The summed E-state index contributed by atoms with van der Waals surface area (Å²) in [6, 6.07) is 1.42. The van der Waals surface area contributed by atoms with Crippen LogP contribution >= 0.6 is 0 Å². The minimum atomic E-state index is -4.41. The highest BCUT2D eigenvalue weighted by atomic mass is 19.4. The monoisotopic (exact) mass is 247 g/mol. The van der Waals surface area contributed by atoms with Gasteiger partial charge in [0.2, 0.25) is 0 Å². The molecular weight excluding hydrogens is 235 g/mol. The summed E-state index contributed by atoms with van der Waals surface area (Å²) in [5, 5.41) is 0. The average molecular weight is 247 g/mol. The number of aromatic nitrogens is 1. The summed E-state index contributed by atoms with van der Waals surface area (Å²) in [4.78, 5) is 3.88. The molecule has 0 saturated carbocycles. The Labute approximate surface area is 96.1 Å². The standard InChI is InChI=1S/C10H12F3N3O/c1-6-2-8(17-5-10(11,12)13)9(16-4-6)7(15)3-14/h2-4H,5,14-15H2,1H3/b7-3-. The van der Waals surface area contributed by atoms with Crippen LogP contribution in [0.25, 0.3) is 5.70 Å². The molecular formula is C10H12F3N3O.